The minimum atomic E-state index is -4.12. The van der Waals surface area contributed by atoms with Gasteiger partial charge in [0.25, 0.3) is 0 Å². The summed E-state index contributed by atoms with van der Waals surface area (Å²) >= 11 is 0. The lowest BCUT2D eigenvalue weighted by molar-refractivity contribution is -0.130. The highest BCUT2D eigenvalue weighted by Crippen LogP contribution is 2.25. The van der Waals surface area contributed by atoms with E-state index in [1.54, 1.807) is 30.3 Å². The minimum Gasteiger partial charge on any atom is -0.467 e. The highest BCUT2D eigenvalue weighted by atomic mass is 32.2. The lowest BCUT2D eigenvalue weighted by Crippen LogP contribution is -2.27. The molecule has 0 fully saturated rings. The summed E-state index contributed by atoms with van der Waals surface area (Å²) in [6.07, 6.45) is 1.52. The molecule has 1 heterocycles. The molecule has 162 valence electrons. The largest absolute Gasteiger partial charge is 0.467 e. The Morgan fingerprint density at radius 3 is 2.29 bits per heavy atom. The molecule has 1 aromatic heterocycles. The number of nitrogens with one attached hydrogen (secondary N) is 1. The minimum absolute atomic E-state index is 0.0598. The summed E-state index contributed by atoms with van der Waals surface area (Å²) in [7, 11) is -4.12. The van der Waals surface area contributed by atoms with Crippen molar-refractivity contribution in [3.8, 4) is 5.75 Å². The zero-order valence-corrected chi connectivity index (χ0v) is 17.9. The van der Waals surface area contributed by atoms with Crippen molar-refractivity contribution in [1.82, 2.24) is 4.90 Å². The average Bonchev–Trinajstić information content (AvgIpc) is 3.22. The summed E-state index contributed by atoms with van der Waals surface area (Å²) in [5, 5.41) is 2.57. The molecule has 0 atom stereocenters. The molecule has 0 aliphatic carbocycles. The Bertz CT molecular complexity index is 1150. The van der Waals surface area contributed by atoms with Crippen LogP contribution in [0.4, 0.5) is 5.69 Å². The van der Waals surface area contributed by atoms with E-state index in [0.717, 1.165) is 0 Å². The molecule has 0 aliphatic heterocycles. The Morgan fingerprint density at radius 2 is 1.68 bits per heavy atom. The van der Waals surface area contributed by atoms with Gasteiger partial charge in [-0.2, -0.15) is 8.42 Å². The smallest absolute Gasteiger partial charge is 0.339 e. The molecule has 1 N–H and O–H groups in total. The van der Waals surface area contributed by atoms with E-state index in [9.17, 15) is 18.0 Å². The topological polar surface area (TPSA) is 106 Å². The number of anilines is 1. The van der Waals surface area contributed by atoms with Gasteiger partial charge in [0.05, 0.1) is 12.8 Å². The molecule has 0 aliphatic rings. The SMILES string of the molecule is CC(=O)Nc1ccc(S(=O)(=O)Oc2ccccc2CN(Cc2ccco2)C(C)=O)cc1. The van der Waals surface area contributed by atoms with E-state index in [-0.39, 0.29) is 35.5 Å². The van der Waals surface area contributed by atoms with Gasteiger partial charge in [0.15, 0.2) is 0 Å². The summed E-state index contributed by atoms with van der Waals surface area (Å²) < 4.78 is 36.2. The molecule has 0 radical (unpaired) electrons. The molecule has 31 heavy (non-hydrogen) atoms. The fraction of sp³-hybridized carbons (Fsp3) is 0.182. The number of benzene rings is 2. The van der Waals surface area contributed by atoms with Gasteiger partial charge in [0, 0.05) is 31.6 Å². The predicted octanol–water partition coefficient (Wildman–Crippen LogP) is 3.55. The third kappa shape index (κ3) is 5.95. The number of furan rings is 1. The Balaban J connectivity index is 1.80. The number of hydrogen-bond acceptors (Lipinski definition) is 6. The molecule has 0 unspecified atom stereocenters. The first-order valence-electron chi connectivity index (χ1n) is 9.42. The summed E-state index contributed by atoms with van der Waals surface area (Å²) in [5.41, 5.74) is 1.00. The molecule has 0 saturated heterocycles. The maximum atomic E-state index is 12.8. The molecule has 2 amide bonds. The van der Waals surface area contributed by atoms with Crippen LogP contribution in [0.3, 0.4) is 0 Å². The highest BCUT2D eigenvalue weighted by molar-refractivity contribution is 7.87. The lowest BCUT2D eigenvalue weighted by atomic mass is 10.2. The zero-order valence-electron chi connectivity index (χ0n) is 17.1. The Hall–Kier alpha value is -3.59. The third-order valence-corrected chi connectivity index (χ3v) is 5.62. The van der Waals surface area contributed by atoms with Gasteiger partial charge in [0.2, 0.25) is 11.8 Å². The molecule has 8 nitrogen and oxygen atoms in total. The van der Waals surface area contributed by atoms with Gasteiger partial charge in [-0.3, -0.25) is 9.59 Å². The second kappa shape index (κ2) is 9.48. The van der Waals surface area contributed by atoms with Crippen molar-refractivity contribution >= 4 is 27.6 Å². The Kier molecular flexibility index (Phi) is 6.76. The maximum Gasteiger partial charge on any atom is 0.339 e. The van der Waals surface area contributed by atoms with Crippen LogP contribution in [0.1, 0.15) is 25.2 Å². The van der Waals surface area contributed by atoms with E-state index >= 15 is 0 Å². The molecule has 0 bridgehead atoms. The molecule has 0 spiro atoms. The van der Waals surface area contributed by atoms with Gasteiger partial charge in [-0.25, -0.2) is 0 Å². The second-order valence-electron chi connectivity index (χ2n) is 6.81. The van der Waals surface area contributed by atoms with Gasteiger partial charge >= 0.3 is 10.1 Å². The van der Waals surface area contributed by atoms with Crippen molar-refractivity contribution in [2.45, 2.75) is 31.8 Å². The Morgan fingerprint density at radius 1 is 0.968 bits per heavy atom. The summed E-state index contributed by atoms with van der Waals surface area (Å²) in [5.74, 6) is 0.285. The van der Waals surface area contributed by atoms with E-state index in [2.05, 4.69) is 5.32 Å². The van der Waals surface area contributed by atoms with E-state index < -0.39 is 10.1 Å². The number of nitrogens with zero attached hydrogens (tertiary/aromatic N) is 1. The first-order chi connectivity index (χ1) is 14.7. The van der Waals surface area contributed by atoms with Crippen molar-refractivity contribution in [2.75, 3.05) is 5.32 Å². The summed E-state index contributed by atoms with van der Waals surface area (Å²) in [6, 6.07) is 15.8. The molecular formula is C22H22N2O6S. The van der Waals surface area contributed by atoms with E-state index in [0.29, 0.717) is 17.0 Å². The first kappa shape index (κ1) is 22.1. The number of hydrogen-bond donors (Lipinski definition) is 1. The van der Waals surface area contributed by atoms with Gasteiger partial charge < -0.3 is 18.8 Å². The zero-order chi connectivity index (χ0) is 22.4. The molecule has 0 saturated carbocycles. The van der Waals surface area contributed by atoms with Crippen LogP contribution >= 0.6 is 0 Å². The van der Waals surface area contributed by atoms with Crippen LogP contribution in [-0.2, 0) is 32.8 Å². The number of para-hydroxylation sites is 1. The van der Waals surface area contributed by atoms with Crippen LogP contribution in [0.5, 0.6) is 5.75 Å². The fourth-order valence-corrected chi connectivity index (χ4v) is 3.83. The van der Waals surface area contributed by atoms with Crippen molar-refractivity contribution in [2.24, 2.45) is 0 Å². The van der Waals surface area contributed by atoms with Crippen molar-refractivity contribution in [3.05, 3.63) is 78.3 Å². The molecule has 3 rings (SSSR count). The van der Waals surface area contributed by atoms with Crippen LogP contribution in [0, 0.1) is 0 Å². The molecule has 3 aromatic rings. The number of amides is 2. The fourth-order valence-electron chi connectivity index (χ4n) is 2.87. The van der Waals surface area contributed by atoms with Crippen LogP contribution in [0.2, 0.25) is 0 Å². The number of rotatable bonds is 8. The van der Waals surface area contributed by atoms with Crippen LogP contribution in [0.25, 0.3) is 0 Å². The third-order valence-electron chi connectivity index (χ3n) is 4.37. The van der Waals surface area contributed by atoms with Gasteiger partial charge in [-0.1, -0.05) is 18.2 Å². The lowest BCUT2D eigenvalue weighted by Gasteiger charge is -2.21. The van der Waals surface area contributed by atoms with Gasteiger partial charge in [-0.15, -0.1) is 0 Å². The second-order valence-corrected chi connectivity index (χ2v) is 8.35. The quantitative estimate of drug-likeness (QED) is 0.535. The monoisotopic (exact) mass is 442 g/mol. The summed E-state index contributed by atoms with van der Waals surface area (Å²) in [4.78, 5) is 24.7. The van der Waals surface area contributed by atoms with E-state index in [4.69, 9.17) is 8.60 Å². The molecule has 9 heteroatoms. The maximum absolute atomic E-state index is 12.8. The van der Waals surface area contributed by atoms with Crippen molar-refractivity contribution in [1.29, 1.82) is 0 Å². The Labute approximate surface area is 180 Å². The number of carbonyl (C=O) groups excluding carboxylic acids is 2. The molecule has 2 aromatic carbocycles. The molecular weight excluding hydrogens is 420 g/mol. The normalized spacial score (nSPS) is 11.0. The van der Waals surface area contributed by atoms with Crippen molar-refractivity contribution in [3.63, 3.8) is 0 Å². The van der Waals surface area contributed by atoms with Crippen LogP contribution in [0.15, 0.2) is 76.2 Å². The predicted molar refractivity (Wildman–Crippen MR) is 114 cm³/mol. The standard InChI is InChI=1S/C22H22N2O6S/c1-16(25)23-19-9-11-21(12-10-19)31(27,28)30-22-8-4-3-6-18(22)14-24(17(2)26)15-20-7-5-13-29-20/h3-13H,14-15H2,1-2H3,(H,23,25). The van der Waals surface area contributed by atoms with E-state index in [1.165, 1.54) is 55.3 Å². The number of carbonyl (C=O) groups is 2. The van der Waals surface area contributed by atoms with Crippen LogP contribution in [-0.4, -0.2) is 25.1 Å². The average molecular weight is 442 g/mol. The summed E-state index contributed by atoms with van der Waals surface area (Å²) in [6.45, 7) is 3.18. The van der Waals surface area contributed by atoms with Gasteiger partial charge in [0.1, 0.15) is 16.4 Å². The van der Waals surface area contributed by atoms with Gasteiger partial charge in [-0.05, 0) is 42.5 Å². The first-order valence-corrected chi connectivity index (χ1v) is 10.8. The highest BCUT2D eigenvalue weighted by Gasteiger charge is 2.20. The van der Waals surface area contributed by atoms with Crippen molar-refractivity contribution < 1.29 is 26.6 Å². The van der Waals surface area contributed by atoms with E-state index in [1.807, 2.05) is 0 Å². The van der Waals surface area contributed by atoms with Crippen LogP contribution < -0.4 is 9.50 Å².